The lowest BCUT2D eigenvalue weighted by molar-refractivity contribution is -0.141. The number of halogens is 3. The van der Waals surface area contributed by atoms with E-state index in [0.717, 1.165) is 17.5 Å². The highest BCUT2D eigenvalue weighted by atomic mass is 19.4. The van der Waals surface area contributed by atoms with Crippen molar-refractivity contribution in [2.24, 2.45) is 0 Å². The zero-order valence-corrected chi connectivity index (χ0v) is 14.6. The first-order chi connectivity index (χ1) is 11.1. The van der Waals surface area contributed by atoms with E-state index in [-0.39, 0.29) is 5.92 Å². The number of rotatable bonds is 3. The molecule has 2 aromatic rings. The molecule has 2 rings (SSSR count). The highest BCUT2D eigenvalue weighted by Gasteiger charge is 2.32. The number of alkyl halides is 3. The summed E-state index contributed by atoms with van der Waals surface area (Å²) in [5, 5.41) is 0. The molecule has 6 heteroatoms. The van der Waals surface area contributed by atoms with E-state index >= 15 is 0 Å². The van der Waals surface area contributed by atoms with Crippen molar-refractivity contribution >= 4 is 0 Å². The predicted molar refractivity (Wildman–Crippen MR) is 88.2 cm³/mol. The van der Waals surface area contributed by atoms with Crippen LogP contribution in [0.3, 0.4) is 0 Å². The third kappa shape index (κ3) is 6.18. The number of hydrogen-bond acceptors (Lipinski definition) is 3. The summed E-state index contributed by atoms with van der Waals surface area (Å²) in [6.07, 6.45) is -2.57. The molecule has 0 spiro atoms. The second-order valence-electron chi connectivity index (χ2n) is 5.88. The van der Waals surface area contributed by atoms with Gasteiger partial charge in [0.25, 0.3) is 0 Å². The standard InChI is InChI=1S/C9H10F3N.C9H13NO/c1-6(2)7-4-3-5-8(13-7)9(10,11)12;1-7(2)9-6-8(11-3)4-5-10-9/h3-6H,1-2H3;4-7H,1-3H3. The van der Waals surface area contributed by atoms with Crippen molar-refractivity contribution in [2.75, 3.05) is 7.11 Å². The van der Waals surface area contributed by atoms with Crippen LogP contribution < -0.4 is 4.74 Å². The van der Waals surface area contributed by atoms with Crippen molar-refractivity contribution < 1.29 is 17.9 Å². The summed E-state index contributed by atoms with van der Waals surface area (Å²) in [5.74, 6) is 1.36. The van der Waals surface area contributed by atoms with Gasteiger partial charge in [0.2, 0.25) is 0 Å². The Labute approximate surface area is 140 Å². The van der Waals surface area contributed by atoms with Gasteiger partial charge in [-0.2, -0.15) is 13.2 Å². The fourth-order valence-corrected chi connectivity index (χ4v) is 1.80. The van der Waals surface area contributed by atoms with E-state index in [9.17, 15) is 13.2 Å². The first-order valence-corrected chi connectivity index (χ1v) is 7.69. The molecule has 0 radical (unpaired) electrons. The van der Waals surface area contributed by atoms with Gasteiger partial charge < -0.3 is 4.74 Å². The van der Waals surface area contributed by atoms with Crippen LogP contribution in [0.1, 0.15) is 56.6 Å². The van der Waals surface area contributed by atoms with Crippen LogP contribution >= 0.6 is 0 Å². The predicted octanol–water partition coefficient (Wildman–Crippen LogP) is 5.44. The van der Waals surface area contributed by atoms with E-state index in [4.69, 9.17) is 4.74 Å². The van der Waals surface area contributed by atoms with Crippen molar-refractivity contribution in [3.8, 4) is 5.75 Å². The summed E-state index contributed by atoms with van der Waals surface area (Å²) in [4.78, 5) is 7.73. The van der Waals surface area contributed by atoms with Gasteiger partial charge >= 0.3 is 6.18 Å². The number of aromatic nitrogens is 2. The second kappa shape index (κ2) is 8.66. The average Bonchev–Trinajstić information content (AvgIpc) is 2.54. The average molecular weight is 340 g/mol. The maximum Gasteiger partial charge on any atom is 0.433 e. The molecule has 0 aliphatic carbocycles. The van der Waals surface area contributed by atoms with Crippen molar-refractivity contribution in [1.82, 2.24) is 9.97 Å². The highest BCUT2D eigenvalue weighted by Crippen LogP contribution is 2.28. The molecule has 0 fully saturated rings. The van der Waals surface area contributed by atoms with Gasteiger partial charge in [0.15, 0.2) is 0 Å². The molecule has 0 bridgehead atoms. The maximum atomic E-state index is 12.2. The molecule has 2 aromatic heterocycles. The van der Waals surface area contributed by atoms with Gasteiger partial charge in [-0.1, -0.05) is 33.8 Å². The molecule has 0 unspecified atom stereocenters. The topological polar surface area (TPSA) is 35.0 Å². The fourth-order valence-electron chi connectivity index (χ4n) is 1.80. The van der Waals surface area contributed by atoms with Crippen molar-refractivity contribution in [1.29, 1.82) is 0 Å². The van der Waals surface area contributed by atoms with E-state index < -0.39 is 11.9 Å². The Balaban J connectivity index is 0.000000243. The third-order valence-electron chi connectivity index (χ3n) is 3.23. The lowest BCUT2D eigenvalue weighted by Gasteiger charge is -2.09. The van der Waals surface area contributed by atoms with Crippen LogP contribution in [0.25, 0.3) is 0 Å². The number of methoxy groups -OCH3 is 1. The number of ether oxygens (including phenoxy) is 1. The molecule has 3 nitrogen and oxygen atoms in total. The number of pyridine rings is 2. The van der Waals surface area contributed by atoms with Gasteiger partial charge in [-0.25, -0.2) is 4.98 Å². The Morgan fingerprint density at radius 1 is 0.958 bits per heavy atom. The molecular weight excluding hydrogens is 317 g/mol. The fraction of sp³-hybridized carbons (Fsp3) is 0.444. The van der Waals surface area contributed by atoms with Crippen LogP contribution in [-0.2, 0) is 6.18 Å². The summed E-state index contributed by atoms with van der Waals surface area (Å²) < 4.78 is 41.6. The molecule has 24 heavy (non-hydrogen) atoms. The lowest BCUT2D eigenvalue weighted by Crippen LogP contribution is -2.09. The molecule has 0 aromatic carbocycles. The Hall–Kier alpha value is -2.11. The zero-order valence-electron chi connectivity index (χ0n) is 14.6. The smallest absolute Gasteiger partial charge is 0.433 e. The number of nitrogens with zero attached hydrogens (tertiary/aromatic N) is 2. The minimum absolute atomic E-state index is 0.0160. The van der Waals surface area contributed by atoms with Crippen molar-refractivity contribution in [3.63, 3.8) is 0 Å². The van der Waals surface area contributed by atoms with Gasteiger partial charge in [-0.15, -0.1) is 0 Å². The lowest BCUT2D eigenvalue weighted by atomic mass is 10.1. The normalized spacial score (nSPS) is 11.2. The molecule has 0 N–H and O–H groups in total. The molecule has 0 saturated heterocycles. The second-order valence-corrected chi connectivity index (χ2v) is 5.88. The first kappa shape index (κ1) is 19.9. The molecule has 0 aliphatic heterocycles. The highest BCUT2D eigenvalue weighted by molar-refractivity contribution is 5.23. The van der Waals surface area contributed by atoms with E-state index in [1.54, 1.807) is 19.4 Å². The Bertz CT molecular complexity index is 640. The largest absolute Gasteiger partial charge is 0.497 e. The number of hydrogen-bond donors (Lipinski definition) is 0. The van der Waals surface area contributed by atoms with Crippen LogP contribution in [0.5, 0.6) is 5.75 Å². The summed E-state index contributed by atoms with van der Waals surface area (Å²) in [6, 6.07) is 7.77. The van der Waals surface area contributed by atoms with Crippen LogP contribution in [0.2, 0.25) is 0 Å². The van der Waals surface area contributed by atoms with E-state index in [1.165, 1.54) is 6.07 Å². The van der Waals surface area contributed by atoms with Crippen LogP contribution in [0.15, 0.2) is 36.5 Å². The van der Waals surface area contributed by atoms with Crippen LogP contribution in [-0.4, -0.2) is 17.1 Å². The van der Waals surface area contributed by atoms with Gasteiger partial charge in [0, 0.05) is 23.7 Å². The quantitative estimate of drug-likeness (QED) is 0.746. The summed E-state index contributed by atoms with van der Waals surface area (Å²) in [7, 11) is 1.67. The van der Waals surface area contributed by atoms with Gasteiger partial charge in [0.05, 0.1) is 7.11 Å². The van der Waals surface area contributed by atoms with Gasteiger partial charge in [-0.05, 0) is 30.0 Å². The first-order valence-electron chi connectivity index (χ1n) is 7.69. The Kier molecular flexibility index (Phi) is 7.19. The summed E-state index contributed by atoms with van der Waals surface area (Å²) in [6.45, 7) is 7.84. The molecule has 0 amide bonds. The summed E-state index contributed by atoms with van der Waals surface area (Å²) >= 11 is 0. The Morgan fingerprint density at radius 3 is 2.08 bits per heavy atom. The van der Waals surface area contributed by atoms with Crippen molar-refractivity contribution in [2.45, 2.75) is 45.7 Å². The Morgan fingerprint density at radius 2 is 1.58 bits per heavy atom. The molecule has 0 aliphatic rings. The van der Waals surface area contributed by atoms with Crippen molar-refractivity contribution in [3.05, 3.63) is 53.6 Å². The minimum Gasteiger partial charge on any atom is -0.497 e. The molecular formula is C18H23F3N2O. The molecule has 0 saturated carbocycles. The van der Waals surface area contributed by atoms with E-state index in [1.807, 2.05) is 26.0 Å². The van der Waals surface area contributed by atoms with Crippen LogP contribution in [0, 0.1) is 0 Å². The van der Waals surface area contributed by atoms with Crippen LogP contribution in [0.4, 0.5) is 13.2 Å². The third-order valence-corrected chi connectivity index (χ3v) is 3.23. The molecule has 2 heterocycles. The summed E-state index contributed by atoms with van der Waals surface area (Å²) in [5.41, 5.74) is 0.720. The van der Waals surface area contributed by atoms with Gasteiger partial charge in [-0.3, -0.25) is 4.98 Å². The molecule has 132 valence electrons. The molecule has 0 atom stereocenters. The van der Waals surface area contributed by atoms with Gasteiger partial charge in [0.1, 0.15) is 11.4 Å². The van der Waals surface area contributed by atoms with E-state index in [2.05, 4.69) is 23.8 Å². The SMILES string of the molecule is CC(C)c1cccc(C(F)(F)F)n1.COc1ccnc(C(C)C)c1. The zero-order chi connectivity index (χ0) is 18.3. The minimum atomic E-state index is -4.34. The maximum absolute atomic E-state index is 12.2. The van der Waals surface area contributed by atoms with E-state index in [0.29, 0.717) is 11.6 Å². The monoisotopic (exact) mass is 340 g/mol.